The van der Waals surface area contributed by atoms with Gasteiger partial charge in [-0.15, -0.1) is 11.6 Å². The van der Waals surface area contributed by atoms with Crippen LogP contribution in [0.3, 0.4) is 0 Å². The minimum Gasteiger partial charge on any atom is -0.456 e. The van der Waals surface area contributed by atoms with Gasteiger partial charge in [0.1, 0.15) is 11.5 Å². The Morgan fingerprint density at radius 3 is 1.86 bits per heavy atom. The van der Waals surface area contributed by atoms with Gasteiger partial charge in [0.05, 0.1) is 37.2 Å². The smallest absolute Gasteiger partial charge is 0.340 e. The van der Waals surface area contributed by atoms with Gasteiger partial charge in [0.2, 0.25) is 11.8 Å². The van der Waals surface area contributed by atoms with E-state index in [9.17, 15) is 19.2 Å². The Hall–Kier alpha value is -4.85. The molecule has 1 N–H and O–H groups in total. The fourth-order valence-electron chi connectivity index (χ4n) is 7.97. The van der Waals surface area contributed by atoms with E-state index in [0.717, 1.165) is 37.1 Å². The molecule has 2 fully saturated rings. The fourth-order valence-corrected chi connectivity index (χ4v) is 8.16. The molecule has 304 valence electrons. The van der Waals surface area contributed by atoms with Crippen LogP contribution in [0.25, 0.3) is 0 Å². The Bertz CT molecular complexity index is 1910. The van der Waals surface area contributed by atoms with Crippen LogP contribution in [0, 0.1) is 11.8 Å². The lowest BCUT2D eigenvalue weighted by molar-refractivity contribution is -0.134. The van der Waals surface area contributed by atoms with Crippen LogP contribution in [0.15, 0.2) is 54.6 Å². The molecule has 3 aromatic rings. The van der Waals surface area contributed by atoms with Gasteiger partial charge in [0.15, 0.2) is 5.60 Å². The predicted molar refractivity (Wildman–Crippen MR) is 217 cm³/mol. The summed E-state index contributed by atoms with van der Waals surface area (Å²) in [6.07, 6.45) is 4.23. The average Bonchev–Trinajstić information content (AvgIpc) is 3.44. The summed E-state index contributed by atoms with van der Waals surface area (Å²) in [6, 6.07) is 16.6. The Morgan fingerprint density at radius 2 is 1.30 bits per heavy atom. The standard InChI is InChI=1S/C43H52ClN5O8/c1-46(2)40(51)29-24-48(25-29)31-10-13-34-37(22-31)56-38-23-32(49-26-30(27-49)41(52)47(3)4)11-14-35(38)43(34)36-21-28(9-12-33(36)42(53)57-43)39(50)45-16-18-55-20-19-54-17-8-6-5-7-15-44/h9-14,21-23,29-30H,5-8,15-20,24-27H2,1-4H3,(H,45,50). The minimum atomic E-state index is -1.40. The molecule has 2 saturated heterocycles. The van der Waals surface area contributed by atoms with Gasteiger partial charge in [0.25, 0.3) is 5.91 Å². The molecule has 0 aromatic heterocycles. The van der Waals surface area contributed by atoms with Crippen LogP contribution in [0.2, 0.25) is 0 Å². The molecule has 57 heavy (non-hydrogen) atoms. The first-order valence-corrected chi connectivity index (χ1v) is 20.3. The van der Waals surface area contributed by atoms with Gasteiger partial charge in [-0.3, -0.25) is 14.4 Å². The normalized spacial score (nSPS) is 16.5. The van der Waals surface area contributed by atoms with Crippen molar-refractivity contribution in [2.45, 2.75) is 31.3 Å². The van der Waals surface area contributed by atoms with E-state index in [4.69, 9.17) is 30.5 Å². The summed E-state index contributed by atoms with van der Waals surface area (Å²) in [5, 5.41) is 2.93. The van der Waals surface area contributed by atoms with Crippen molar-refractivity contribution in [3.05, 3.63) is 82.4 Å². The number of halogens is 1. The van der Waals surface area contributed by atoms with Crippen molar-refractivity contribution in [3.8, 4) is 11.5 Å². The molecule has 0 bridgehead atoms. The summed E-state index contributed by atoms with van der Waals surface area (Å²) in [4.78, 5) is 59.9. The van der Waals surface area contributed by atoms with Gasteiger partial charge in [-0.25, -0.2) is 4.79 Å². The first kappa shape index (κ1) is 40.4. The Labute approximate surface area is 339 Å². The Balaban J connectivity index is 1.11. The molecule has 0 aliphatic carbocycles. The van der Waals surface area contributed by atoms with E-state index in [1.807, 2.05) is 36.4 Å². The van der Waals surface area contributed by atoms with Crippen molar-refractivity contribution >= 4 is 46.7 Å². The van der Waals surface area contributed by atoms with Gasteiger partial charge in [0, 0.05) is 119 Å². The largest absolute Gasteiger partial charge is 0.456 e. The van der Waals surface area contributed by atoms with Gasteiger partial charge < -0.3 is 43.9 Å². The minimum absolute atomic E-state index is 0.0912. The molecule has 0 atom stereocenters. The molecule has 3 amide bonds. The number of nitrogens with one attached hydrogen (secondary N) is 1. The van der Waals surface area contributed by atoms with Crippen molar-refractivity contribution in [1.29, 1.82) is 0 Å². The third kappa shape index (κ3) is 8.15. The number of amides is 3. The summed E-state index contributed by atoms with van der Waals surface area (Å²) in [7, 11) is 7.06. The van der Waals surface area contributed by atoms with E-state index < -0.39 is 11.6 Å². The number of alkyl halides is 1. The Morgan fingerprint density at radius 1 is 0.737 bits per heavy atom. The van der Waals surface area contributed by atoms with Crippen LogP contribution in [0.1, 0.15) is 63.1 Å². The van der Waals surface area contributed by atoms with Gasteiger partial charge in [-0.05, 0) is 55.3 Å². The monoisotopic (exact) mass is 801 g/mol. The number of rotatable bonds is 17. The fraction of sp³-hybridized carbons (Fsp3) is 0.488. The molecule has 7 rings (SSSR count). The number of hydrogen-bond acceptors (Lipinski definition) is 10. The molecule has 4 aliphatic rings. The van der Waals surface area contributed by atoms with Gasteiger partial charge in [-0.1, -0.05) is 12.8 Å². The van der Waals surface area contributed by atoms with Crippen LogP contribution in [-0.4, -0.2) is 127 Å². The molecule has 14 heteroatoms. The van der Waals surface area contributed by atoms with E-state index in [0.29, 0.717) is 104 Å². The Kier molecular flexibility index (Phi) is 12.3. The van der Waals surface area contributed by atoms with Crippen LogP contribution in [0.4, 0.5) is 11.4 Å². The van der Waals surface area contributed by atoms with Crippen molar-refractivity contribution < 1.29 is 38.1 Å². The molecular formula is C43H52ClN5O8. The number of anilines is 2. The summed E-state index contributed by atoms with van der Waals surface area (Å²) in [6.45, 7) is 4.55. The molecule has 0 saturated carbocycles. The number of ether oxygens (including phenoxy) is 4. The number of hydrogen-bond donors (Lipinski definition) is 1. The molecule has 0 radical (unpaired) electrons. The maximum absolute atomic E-state index is 13.7. The van der Waals surface area contributed by atoms with Crippen LogP contribution in [-0.2, 0) is 29.4 Å². The third-order valence-electron chi connectivity index (χ3n) is 11.2. The number of carbonyl (C=O) groups excluding carboxylic acids is 4. The van der Waals surface area contributed by atoms with Crippen molar-refractivity contribution in [2.24, 2.45) is 11.8 Å². The number of unbranched alkanes of at least 4 members (excludes halogenated alkanes) is 3. The van der Waals surface area contributed by atoms with E-state index in [1.165, 1.54) is 0 Å². The molecule has 1 spiro atoms. The summed E-state index contributed by atoms with van der Waals surface area (Å²) >= 11 is 5.72. The first-order chi connectivity index (χ1) is 27.5. The highest BCUT2D eigenvalue weighted by Gasteiger charge is 2.54. The average molecular weight is 802 g/mol. The summed E-state index contributed by atoms with van der Waals surface area (Å²) in [5.41, 5.74) is 2.90. The maximum atomic E-state index is 13.7. The second-order valence-corrected chi connectivity index (χ2v) is 15.9. The van der Waals surface area contributed by atoms with E-state index in [-0.39, 0.29) is 29.6 Å². The second-order valence-electron chi connectivity index (χ2n) is 15.5. The summed E-state index contributed by atoms with van der Waals surface area (Å²) in [5.74, 6) is 0.896. The lowest BCUT2D eigenvalue weighted by Crippen LogP contribution is -2.53. The zero-order valence-corrected chi connectivity index (χ0v) is 33.9. The SMILES string of the molecule is CN(C)C(=O)C1CN(c2ccc3c(c2)Oc2cc(N4CC(C(=O)N(C)C)C4)ccc2C32OC(=O)c3ccc(C(=O)NCCOCCOCCCCCCCl)cc32)C1. The predicted octanol–water partition coefficient (Wildman–Crippen LogP) is 4.87. The molecule has 0 unspecified atom stereocenters. The van der Waals surface area contributed by atoms with Crippen molar-refractivity contribution in [3.63, 3.8) is 0 Å². The lowest BCUT2D eigenvalue weighted by Gasteiger charge is -2.43. The highest BCUT2D eigenvalue weighted by atomic mass is 35.5. The number of esters is 1. The molecule has 4 heterocycles. The zero-order chi connectivity index (χ0) is 40.3. The lowest BCUT2D eigenvalue weighted by atomic mass is 9.77. The maximum Gasteiger partial charge on any atom is 0.340 e. The van der Waals surface area contributed by atoms with E-state index >= 15 is 0 Å². The quantitative estimate of drug-likeness (QED) is 0.115. The molecule has 4 aliphatic heterocycles. The van der Waals surface area contributed by atoms with Crippen LogP contribution in [0.5, 0.6) is 11.5 Å². The number of nitrogens with zero attached hydrogens (tertiary/aromatic N) is 4. The first-order valence-electron chi connectivity index (χ1n) is 19.8. The highest BCUT2D eigenvalue weighted by molar-refractivity contribution is 6.17. The van der Waals surface area contributed by atoms with Crippen molar-refractivity contribution in [2.75, 3.05) is 103 Å². The second kappa shape index (κ2) is 17.3. The van der Waals surface area contributed by atoms with Gasteiger partial charge >= 0.3 is 5.97 Å². The zero-order valence-electron chi connectivity index (χ0n) is 33.2. The number of fused-ring (bicyclic) bond motifs is 6. The van der Waals surface area contributed by atoms with E-state index in [2.05, 4.69) is 15.1 Å². The van der Waals surface area contributed by atoms with Gasteiger partial charge in [-0.2, -0.15) is 0 Å². The van der Waals surface area contributed by atoms with Crippen molar-refractivity contribution in [1.82, 2.24) is 15.1 Å². The molecular weight excluding hydrogens is 750 g/mol. The van der Waals surface area contributed by atoms with Crippen LogP contribution < -0.4 is 19.9 Å². The topological polar surface area (TPSA) is 130 Å². The van der Waals surface area contributed by atoms with Crippen LogP contribution >= 0.6 is 11.6 Å². The number of benzene rings is 3. The summed E-state index contributed by atoms with van der Waals surface area (Å²) < 4.78 is 24.4. The molecule has 13 nitrogen and oxygen atoms in total. The number of carbonyl (C=O) groups is 4. The molecule has 3 aromatic carbocycles. The highest BCUT2D eigenvalue weighted by Crippen LogP contribution is 2.57. The third-order valence-corrected chi connectivity index (χ3v) is 11.5. The van der Waals surface area contributed by atoms with E-state index in [1.54, 1.807) is 56.2 Å².